The molecule has 0 spiro atoms. The zero-order valence-corrected chi connectivity index (χ0v) is 31.2. The molecule has 0 radical (unpaired) electrons. The lowest BCUT2D eigenvalue weighted by Gasteiger charge is -2.48. The summed E-state index contributed by atoms with van der Waals surface area (Å²) >= 11 is 0. The van der Waals surface area contributed by atoms with Crippen molar-refractivity contribution >= 4 is 32.7 Å². The maximum atomic E-state index is 12.9. The standard InChI is InChI=1S/C35H41NO18S2/c1-21(37)36-26-28(27(47-17-22-11-5-2-6-12-22)25(51-34(26)40)20-50-55(41,42)43)52-35-32(54-56(44,45)46)30(49-19-24-15-9-4-10-16-24)29(31(53-35)33(38)39)48-18-23-13-7-3-8-14-23/h2-16,25-32,34-35,40H,17-20H2,1H3,(H,36,37)(H,38,39)(H,41,42,43)(H,44,45,46)/t25-,26-,27+,28-,29+,30+,31+,32-,34-,35-/m1/s1. The van der Waals surface area contributed by atoms with Crippen LogP contribution in [0.2, 0.25) is 0 Å². The first-order valence-electron chi connectivity index (χ1n) is 17.0. The van der Waals surface area contributed by atoms with E-state index in [2.05, 4.69) is 9.50 Å². The summed E-state index contributed by atoms with van der Waals surface area (Å²) in [4.78, 5) is 25.3. The number of carbonyl (C=O) groups excluding carboxylic acids is 1. The van der Waals surface area contributed by atoms with Crippen molar-refractivity contribution in [2.24, 2.45) is 0 Å². The van der Waals surface area contributed by atoms with Crippen LogP contribution in [0.4, 0.5) is 0 Å². The van der Waals surface area contributed by atoms with Gasteiger partial charge in [-0.3, -0.25) is 13.9 Å². The van der Waals surface area contributed by atoms with Gasteiger partial charge in [0, 0.05) is 6.92 Å². The average molecular weight is 828 g/mol. The number of aliphatic carboxylic acids is 1. The molecule has 306 valence electrons. The van der Waals surface area contributed by atoms with Crippen molar-refractivity contribution < 1.29 is 82.5 Å². The predicted octanol–water partition coefficient (Wildman–Crippen LogP) is 1.17. The molecule has 0 aromatic heterocycles. The molecule has 2 aliphatic rings. The zero-order valence-electron chi connectivity index (χ0n) is 29.6. The van der Waals surface area contributed by atoms with Crippen molar-refractivity contribution in [2.45, 2.75) is 88.1 Å². The Labute approximate surface area is 322 Å². The number of benzene rings is 3. The van der Waals surface area contributed by atoms with E-state index in [0.717, 1.165) is 6.92 Å². The van der Waals surface area contributed by atoms with E-state index in [0.29, 0.717) is 16.7 Å². The third-order valence-electron chi connectivity index (χ3n) is 8.53. The quantitative estimate of drug-likeness (QED) is 0.113. The Bertz CT molecular complexity index is 1940. The molecule has 0 aliphatic carbocycles. The topological polar surface area (TPSA) is 269 Å². The van der Waals surface area contributed by atoms with Crippen LogP contribution in [0.25, 0.3) is 0 Å². The number of nitrogens with one attached hydrogen (secondary N) is 1. The highest BCUT2D eigenvalue weighted by Gasteiger charge is 2.56. The van der Waals surface area contributed by atoms with Crippen LogP contribution in [0.1, 0.15) is 23.6 Å². The summed E-state index contributed by atoms with van der Waals surface area (Å²) in [6.45, 7) is -0.596. The molecule has 56 heavy (non-hydrogen) atoms. The van der Waals surface area contributed by atoms with Gasteiger partial charge in [-0.25, -0.2) is 13.2 Å². The fourth-order valence-corrected chi connectivity index (χ4v) is 6.94. The van der Waals surface area contributed by atoms with Gasteiger partial charge in [0.05, 0.1) is 26.4 Å². The normalized spacial score (nSPS) is 28.4. The molecule has 2 fully saturated rings. The molecule has 2 heterocycles. The molecule has 3 aromatic carbocycles. The number of carboxylic acids is 1. The number of hydrogen-bond acceptors (Lipinski definition) is 15. The maximum absolute atomic E-state index is 12.9. The fourth-order valence-electron chi connectivity index (χ4n) is 6.15. The van der Waals surface area contributed by atoms with E-state index in [-0.39, 0.29) is 19.8 Å². The first kappa shape index (κ1) is 43.2. The number of carboxylic acid groups (broad SMARTS) is 1. The Hall–Kier alpha value is -3.94. The second kappa shape index (κ2) is 19.5. The Morgan fingerprint density at radius 2 is 1.16 bits per heavy atom. The van der Waals surface area contributed by atoms with E-state index in [1.165, 1.54) is 0 Å². The highest BCUT2D eigenvalue weighted by Crippen LogP contribution is 2.35. The largest absolute Gasteiger partial charge is 0.479 e. The summed E-state index contributed by atoms with van der Waals surface area (Å²) in [5.41, 5.74) is 1.73. The van der Waals surface area contributed by atoms with Gasteiger partial charge >= 0.3 is 26.8 Å². The molecule has 0 saturated carbocycles. The summed E-state index contributed by atoms with van der Waals surface area (Å²) < 4.78 is 113. The van der Waals surface area contributed by atoms with E-state index in [4.69, 9.17) is 32.6 Å². The monoisotopic (exact) mass is 827 g/mol. The van der Waals surface area contributed by atoms with Crippen LogP contribution in [0.5, 0.6) is 0 Å². The van der Waals surface area contributed by atoms with Crippen LogP contribution >= 0.6 is 0 Å². The Balaban J connectivity index is 1.58. The van der Waals surface area contributed by atoms with Crippen LogP contribution in [0.15, 0.2) is 91.0 Å². The van der Waals surface area contributed by atoms with E-state index in [1.54, 1.807) is 91.0 Å². The number of aliphatic hydroxyl groups excluding tert-OH is 1. The SMILES string of the molecule is CC(=O)N[C@@H]1[C@@H](O[C@@H]2O[C@H](C(=O)O)[C@@H](OCc3ccccc3)[C@H](OCc3ccccc3)[C@H]2OS(=O)(=O)O)[C@@H](OCc2ccccc2)[C@@H](COS(=O)(=O)O)O[C@H]1O. The summed E-state index contributed by atoms with van der Waals surface area (Å²) in [7, 11) is -10.5. The first-order chi connectivity index (χ1) is 26.6. The molecular formula is C35H41NO18S2. The van der Waals surface area contributed by atoms with Gasteiger partial charge in [-0.1, -0.05) is 91.0 Å². The van der Waals surface area contributed by atoms with Crippen molar-refractivity contribution in [2.75, 3.05) is 6.61 Å². The molecule has 10 atom stereocenters. The Morgan fingerprint density at radius 1 is 0.679 bits per heavy atom. The maximum Gasteiger partial charge on any atom is 0.397 e. The highest BCUT2D eigenvalue weighted by molar-refractivity contribution is 7.81. The van der Waals surface area contributed by atoms with Crippen LogP contribution in [-0.4, -0.2) is 116 Å². The minimum absolute atomic E-state index is 0.213. The van der Waals surface area contributed by atoms with Gasteiger partial charge in [0.2, 0.25) is 5.91 Å². The van der Waals surface area contributed by atoms with Gasteiger partial charge in [0.15, 0.2) is 24.8 Å². The highest BCUT2D eigenvalue weighted by atomic mass is 32.3. The van der Waals surface area contributed by atoms with E-state index in [9.17, 15) is 45.7 Å². The Morgan fingerprint density at radius 3 is 1.61 bits per heavy atom. The number of aliphatic hydroxyl groups is 1. The molecule has 2 aliphatic heterocycles. The third-order valence-corrected chi connectivity index (χ3v) is 9.43. The number of rotatable bonds is 18. The van der Waals surface area contributed by atoms with E-state index >= 15 is 0 Å². The van der Waals surface area contributed by atoms with Crippen LogP contribution < -0.4 is 5.32 Å². The lowest BCUT2D eigenvalue weighted by Crippen LogP contribution is -2.69. The summed E-state index contributed by atoms with van der Waals surface area (Å²) in [5.74, 6) is -2.35. The first-order valence-corrected chi connectivity index (χ1v) is 19.7. The van der Waals surface area contributed by atoms with Crippen molar-refractivity contribution in [1.82, 2.24) is 5.32 Å². The average Bonchev–Trinajstić information content (AvgIpc) is 3.14. The van der Waals surface area contributed by atoms with Crippen molar-refractivity contribution in [3.05, 3.63) is 108 Å². The van der Waals surface area contributed by atoms with E-state index < -0.39 is 101 Å². The minimum Gasteiger partial charge on any atom is -0.479 e. The second-order valence-electron chi connectivity index (χ2n) is 12.6. The number of carbonyl (C=O) groups is 2. The number of ether oxygens (including phenoxy) is 6. The molecule has 19 nitrogen and oxygen atoms in total. The van der Waals surface area contributed by atoms with Crippen molar-refractivity contribution in [1.29, 1.82) is 0 Å². The summed E-state index contributed by atoms with van der Waals surface area (Å²) in [6.07, 6.45) is -16.4. The van der Waals surface area contributed by atoms with E-state index in [1.807, 2.05) is 0 Å². The van der Waals surface area contributed by atoms with Gasteiger partial charge in [-0.2, -0.15) is 16.8 Å². The van der Waals surface area contributed by atoms with Crippen molar-refractivity contribution in [3.63, 3.8) is 0 Å². The lowest BCUT2D eigenvalue weighted by atomic mass is 9.94. The molecule has 0 unspecified atom stereocenters. The van der Waals surface area contributed by atoms with Gasteiger partial charge in [0.1, 0.15) is 36.6 Å². The molecule has 2 saturated heterocycles. The van der Waals surface area contributed by atoms with Crippen molar-refractivity contribution in [3.8, 4) is 0 Å². The smallest absolute Gasteiger partial charge is 0.397 e. The molecule has 5 rings (SSSR count). The predicted molar refractivity (Wildman–Crippen MR) is 189 cm³/mol. The zero-order chi connectivity index (χ0) is 40.5. The van der Waals surface area contributed by atoms with Crippen LogP contribution in [0.3, 0.4) is 0 Å². The van der Waals surface area contributed by atoms with Gasteiger partial charge < -0.3 is 44.0 Å². The van der Waals surface area contributed by atoms with Gasteiger partial charge in [-0.05, 0) is 16.7 Å². The lowest BCUT2D eigenvalue weighted by molar-refractivity contribution is -0.344. The fraction of sp³-hybridized carbons (Fsp3) is 0.429. The molecule has 0 bridgehead atoms. The van der Waals surface area contributed by atoms with Crippen LogP contribution in [-0.2, 0) is 87.0 Å². The Kier molecular flexibility index (Phi) is 15.0. The third kappa shape index (κ3) is 12.5. The molecule has 5 N–H and O–H groups in total. The van der Waals surface area contributed by atoms with Gasteiger partial charge in [-0.15, -0.1) is 0 Å². The second-order valence-corrected chi connectivity index (χ2v) is 14.8. The summed E-state index contributed by atoms with van der Waals surface area (Å²) in [6, 6.07) is 23.9. The number of hydrogen-bond donors (Lipinski definition) is 5. The van der Waals surface area contributed by atoms with Gasteiger partial charge in [0.25, 0.3) is 0 Å². The molecular weight excluding hydrogens is 787 g/mol. The molecule has 3 aromatic rings. The molecule has 1 amide bonds. The van der Waals surface area contributed by atoms with Crippen LogP contribution in [0, 0.1) is 0 Å². The number of amides is 1. The molecule has 21 heteroatoms. The summed E-state index contributed by atoms with van der Waals surface area (Å²) in [5, 5.41) is 24.0. The minimum atomic E-state index is -5.41.